The van der Waals surface area contributed by atoms with Crippen LogP contribution in [0.1, 0.15) is 39.5 Å². The number of amides is 3. The number of carbonyl (C=O) groups is 3. The molecule has 2 bridgehead atoms. The van der Waals surface area contributed by atoms with Crippen LogP contribution in [0.5, 0.6) is 0 Å². The van der Waals surface area contributed by atoms with Crippen LogP contribution in [0.4, 0.5) is 0 Å². The minimum atomic E-state index is -1.14. The highest BCUT2D eigenvalue weighted by Gasteiger charge is 2.61. The molecule has 20 heavy (non-hydrogen) atoms. The van der Waals surface area contributed by atoms with Crippen molar-refractivity contribution in [3.8, 4) is 0 Å². The van der Waals surface area contributed by atoms with Gasteiger partial charge in [-0.25, -0.2) is 0 Å². The first-order valence-electron chi connectivity index (χ1n) is 7.42. The van der Waals surface area contributed by atoms with Gasteiger partial charge in [0.05, 0.1) is 0 Å². The quantitative estimate of drug-likeness (QED) is 0.520. The molecule has 3 amide bonds. The van der Waals surface area contributed by atoms with Gasteiger partial charge in [-0.05, 0) is 19.9 Å². The van der Waals surface area contributed by atoms with Crippen molar-refractivity contribution in [2.75, 3.05) is 20.1 Å². The van der Waals surface area contributed by atoms with Crippen molar-refractivity contribution in [2.24, 2.45) is 5.92 Å². The zero-order valence-corrected chi connectivity index (χ0v) is 12.5. The number of carbonyl (C=O) groups excluding carboxylic acids is 3. The summed E-state index contributed by atoms with van der Waals surface area (Å²) in [6.07, 6.45) is 3.71. The molecule has 3 fully saturated rings. The van der Waals surface area contributed by atoms with Crippen molar-refractivity contribution in [1.29, 1.82) is 0 Å². The van der Waals surface area contributed by atoms with Crippen LogP contribution < -0.4 is 0 Å². The Labute approximate surface area is 120 Å². The Balaban J connectivity index is 2.27. The Morgan fingerprint density at radius 1 is 0.900 bits per heavy atom. The van der Waals surface area contributed by atoms with E-state index in [4.69, 9.17) is 0 Å². The van der Waals surface area contributed by atoms with E-state index in [-0.39, 0.29) is 17.7 Å². The van der Waals surface area contributed by atoms with E-state index in [1.54, 1.807) is 21.5 Å². The van der Waals surface area contributed by atoms with Gasteiger partial charge in [-0.15, -0.1) is 0 Å². The maximum atomic E-state index is 12.3. The minimum Gasteiger partial charge on any atom is -0.348 e. The molecular formula is C13H22BN3O3. The molecule has 7 heteroatoms. The fourth-order valence-electron chi connectivity index (χ4n) is 2.89. The summed E-state index contributed by atoms with van der Waals surface area (Å²) < 4.78 is 0. The van der Waals surface area contributed by atoms with Crippen molar-refractivity contribution in [3.63, 3.8) is 0 Å². The topological polar surface area (TPSA) is 60.9 Å². The average molecular weight is 279 g/mol. The van der Waals surface area contributed by atoms with Gasteiger partial charge in [-0.3, -0.25) is 14.4 Å². The zero-order valence-electron chi connectivity index (χ0n) is 12.5. The maximum absolute atomic E-state index is 12.3. The first kappa shape index (κ1) is 14.9. The molecule has 3 aliphatic rings. The first-order chi connectivity index (χ1) is 9.54. The molecule has 110 valence electrons. The molecule has 0 spiro atoms. The summed E-state index contributed by atoms with van der Waals surface area (Å²) in [6, 6.07) is 0. The van der Waals surface area contributed by atoms with E-state index in [0.29, 0.717) is 13.1 Å². The van der Waals surface area contributed by atoms with Crippen LogP contribution in [0.2, 0.25) is 0 Å². The predicted octanol–water partition coefficient (Wildman–Crippen LogP) is 0.331. The van der Waals surface area contributed by atoms with Crippen LogP contribution >= 0.6 is 0 Å². The molecule has 3 saturated heterocycles. The van der Waals surface area contributed by atoms with Crippen LogP contribution in [-0.2, 0) is 14.4 Å². The highest BCUT2D eigenvalue weighted by atomic mass is 16.2. The van der Waals surface area contributed by atoms with Crippen molar-refractivity contribution in [1.82, 2.24) is 14.4 Å². The van der Waals surface area contributed by atoms with E-state index >= 15 is 0 Å². The molecule has 0 aromatic heterocycles. The fourth-order valence-corrected chi connectivity index (χ4v) is 2.89. The molecular weight excluding hydrogens is 257 g/mol. The highest BCUT2D eigenvalue weighted by molar-refractivity contribution is 6.65. The normalized spacial score (nSPS) is 19.6. The summed E-state index contributed by atoms with van der Waals surface area (Å²) in [5.41, 5.74) is 0. The SMILES string of the molecule is CCCCN1B2N(C)C(=O)C(C1=O)C(=O)N2CCCC. The van der Waals surface area contributed by atoms with Gasteiger partial charge in [0.15, 0.2) is 5.92 Å². The molecule has 0 aromatic rings. The third kappa shape index (κ3) is 2.19. The smallest absolute Gasteiger partial charge is 0.348 e. The second kappa shape index (κ2) is 5.85. The third-order valence-electron chi connectivity index (χ3n) is 4.06. The van der Waals surface area contributed by atoms with Crippen LogP contribution in [0.3, 0.4) is 0 Å². The number of hydrogen-bond donors (Lipinski definition) is 0. The molecule has 0 atom stereocenters. The highest BCUT2D eigenvalue weighted by Crippen LogP contribution is 2.29. The molecule has 0 N–H and O–H groups in total. The van der Waals surface area contributed by atoms with Crippen LogP contribution in [0.25, 0.3) is 0 Å². The van der Waals surface area contributed by atoms with Crippen molar-refractivity contribution >= 4 is 24.8 Å². The number of fused-ring (bicyclic) bond motifs is 3. The van der Waals surface area contributed by atoms with E-state index in [1.807, 2.05) is 0 Å². The Morgan fingerprint density at radius 2 is 1.35 bits per heavy atom. The molecule has 0 saturated carbocycles. The summed E-state index contributed by atoms with van der Waals surface area (Å²) in [7, 11) is 1.15. The number of hydrogen-bond acceptors (Lipinski definition) is 3. The number of nitrogens with zero attached hydrogens (tertiary/aromatic N) is 3. The van der Waals surface area contributed by atoms with E-state index in [9.17, 15) is 14.4 Å². The lowest BCUT2D eigenvalue weighted by Crippen LogP contribution is -2.79. The lowest BCUT2D eigenvalue weighted by molar-refractivity contribution is -0.159. The van der Waals surface area contributed by atoms with E-state index in [1.165, 1.54) is 0 Å². The Morgan fingerprint density at radius 3 is 1.75 bits per heavy atom. The first-order valence-corrected chi connectivity index (χ1v) is 7.42. The number of unbranched alkanes of at least 4 members (excludes halogenated alkanes) is 2. The maximum Gasteiger partial charge on any atom is 0.511 e. The van der Waals surface area contributed by atoms with Crippen molar-refractivity contribution < 1.29 is 14.4 Å². The fraction of sp³-hybridized carbons (Fsp3) is 0.769. The number of rotatable bonds is 6. The summed E-state index contributed by atoms with van der Waals surface area (Å²) in [4.78, 5) is 41.6. The standard InChI is InChI=1S/C13H22BN3O3/c1-4-6-8-16-12(19)10-11(18)15(3)14(16)17(13(10)20)9-7-5-2/h10H,4-9H2,1-3H3. The van der Waals surface area contributed by atoms with Gasteiger partial charge in [0.1, 0.15) is 0 Å². The van der Waals surface area contributed by atoms with Crippen molar-refractivity contribution in [3.05, 3.63) is 0 Å². The van der Waals surface area contributed by atoms with Gasteiger partial charge in [-0.1, -0.05) is 26.7 Å². The molecule has 3 heterocycles. The second-order valence-electron chi connectivity index (χ2n) is 5.50. The van der Waals surface area contributed by atoms with Gasteiger partial charge in [0.2, 0.25) is 17.7 Å². The van der Waals surface area contributed by atoms with Crippen molar-refractivity contribution in [2.45, 2.75) is 39.5 Å². The Bertz CT molecular complexity index is 401. The third-order valence-corrected chi connectivity index (χ3v) is 4.06. The zero-order chi connectivity index (χ0) is 14.9. The molecule has 0 unspecified atom stereocenters. The largest absolute Gasteiger partial charge is 0.511 e. The van der Waals surface area contributed by atoms with Gasteiger partial charge >= 0.3 is 7.12 Å². The van der Waals surface area contributed by atoms with Gasteiger partial charge < -0.3 is 14.4 Å². The lowest BCUT2D eigenvalue weighted by Gasteiger charge is -2.51. The van der Waals surface area contributed by atoms with Gasteiger partial charge in [0.25, 0.3) is 0 Å². The average Bonchev–Trinajstić information content (AvgIpc) is 2.42. The summed E-state index contributed by atoms with van der Waals surface area (Å²) >= 11 is 0. The summed E-state index contributed by atoms with van der Waals surface area (Å²) in [5.74, 6) is -2.13. The minimum absolute atomic E-state index is 0.315. The van der Waals surface area contributed by atoms with Crippen LogP contribution in [0.15, 0.2) is 0 Å². The van der Waals surface area contributed by atoms with E-state index in [2.05, 4.69) is 13.8 Å². The molecule has 6 nitrogen and oxygen atoms in total. The Hall–Kier alpha value is -1.53. The second-order valence-corrected chi connectivity index (χ2v) is 5.50. The van der Waals surface area contributed by atoms with E-state index in [0.717, 1.165) is 25.7 Å². The van der Waals surface area contributed by atoms with Gasteiger partial charge in [0, 0.05) is 13.1 Å². The lowest BCUT2D eigenvalue weighted by atomic mass is 9.70. The summed E-state index contributed by atoms with van der Waals surface area (Å²) in [5, 5.41) is 0. The molecule has 0 aliphatic carbocycles. The van der Waals surface area contributed by atoms with Crippen LogP contribution in [-0.4, -0.2) is 59.4 Å². The monoisotopic (exact) mass is 279 g/mol. The van der Waals surface area contributed by atoms with E-state index < -0.39 is 13.0 Å². The molecule has 3 aliphatic heterocycles. The summed E-state index contributed by atoms with van der Waals surface area (Å²) in [6.45, 7) is 5.32. The Kier molecular flexibility index (Phi) is 4.35. The van der Waals surface area contributed by atoms with Crippen LogP contribution in [0, 0.1) is 5.92 Å². The predicted molar refractivity (Wildman–Crippen MR) is 75.3 cm³/mol. The van der Waals surface area contributed by atoms with Gasteiger partial charge in [-0.2, -0.15) is 0 Å². The molecule has 0 aromatic carbocycles. The molecule has 0 radical (unpaired) electrons. The molecule has 3 rings (SSSR count).